The summed E-state index contributed by atoms with van der Waals surface area (Å²) in [5.74, 6) is -0.279. The molecule has 1 atom stereocenters. The second-order valence-corrected chi connectivity index (χ2v) is 4.30. The highest BCUT2D eigenvalue weighted by Gasteiger charge is 2.13. The van der Waals surface area contributed by atoms with Crippen LogP contribution in [0.15, 0.2) is 18.2 Å². The molecule has 1 N–H and O–H groups in total. The van der Waals surface area contributed by atoms with Crippen molar-refractivity contribution in [1.82, 2.24) is 0 Å². The molecule has 0 radical (unpaired) electrons. The van der Waals surface area contributed by atoms with Crippen LogP contribution in [0.2, 0.25) is 5.02 Å². The van der Waals surface area contributed by atoms with Crippen molar-refractivity contribution in [3.05, 3.63) is 34.3 Å². The van der Waals surface area contributed by atoms with Crippen LogP contribution in [0.25, 0.3) is 0 Å². The maximum Gasteiger partial charge on any atom is 0.305 e. The first kappa shape index (κ1) is 14.0. The molecule has 0 spiro atoms. The Morgan fingerprint density at radius 3 is 2.82 bits per heavy atom. The van der Waals surface area contributed by atoms with Crippen LogP contribution in [-0.2, 0) is 9.53 Å². The fraction of sp³-hybridized carbons (Fsp3) is 0.462. The average Bonchev–Trinajstić information content (AvgIpc) is 2.26. The van der Waals surface area contributed by atoms with Crippen LogP contribution in [0.5, 0.6) is 0 Å². The molecular weight excluding hydrogens is 240 g/mol. The van der Waals surface area contributed by atoms with Gasteiger partial charge in [-0.05, 0) is 43.5 Å². The second-order valence-electron chi connectivity index (χ2n) is 3.86. The van der Waals surface area contributed by atoms with Crippen LogP contribution in [0.4, 0.5) is 0 Å². The summed E-state index contributed by atoms with van der Waals surface area (Å²) in [6, 6.07) is 5.31. The molecule has 1 aromatic carbocycles. The van der Waals surface area contributed by atoms with Gasteiger partial charge in [0.05, 0.1) is 12.7 Å². The summed E-state index contributed by atoms with van der Waals surface area (Å²) in [7, 11) is 0. The number of hydrogen-bond acceptors (Lipinski definition) is 3. The van der Waals surface area contributed by atoms with Crippen molar-refractivity contribution in [3.8, 4) is 0 Å². The zero-order valence-corrected chi connectivity index (χ0v) is 10.8. The molecule has 1 unspecified atom stereocenters. The van der Waals surface area contributed by atoms with E-state index >= 15 is 0 Å². The number of carbonyl (C=O) groups excluding carboxylic acids is 1. The molecule has 0 bridgehead atoms. The third-order valence-electron chi connectivity index (χ3n) is 2.52. The number of esters is 1. The first-order valence-corrected chi connectivity index (χ1v) is 6.02. The Kier molecular flexibility index (Phi) is 5.45. The minimum absolute atomic E-state index is 0.219. The molecule has 0 saturated heterocycles. The summed E-state index contributed by atoms with van der Waals surface area (Å²) >= 11 is 5.83. The van der Waals surface area contributed by atoms with E-state index in [9.17, 15) is 9.90 Å². The molecule has 0 aliphatic rings. The molecular formula is C13H17ClO3. The zero-order chi connectivity index (χ0) is 12.8. The van der Waals surface area contributed by atoms with Crippen molar-refractivity contribution in [2.45, 2.75) is 32.8 Å². The van der Waals surface area contributed by atoms with Gasteiger partial charge < -0.3 is 9.84 Å². The zero-order valence-electron chi connectivity index (χ0n) is 10.1. The van der Waals surface area contributed by atoms with Crippen LogP contribution in [0.1, 0.15) is 37.0 Å². The number of benzene rings is 1. The summed E-state index contributed by atoms with van der Waals surface area (Å²) < 4.78 is 4.81. The monoisotopic (exact) mass is 256 g/mol. The van der Waals surface area contributed by atoms with Crippen molar-refractivity contribution in [2.75, 3.05) is 6.61 Å². The number of carbonyl (C=O) groups is 1. The lowest BCUT2D eigenvalue weighted by molar-refractivity contribution is -0.143. The van der Waals surface area contributed by atoms with Gasteiger partial charge in [-0.2, -0.15) is 0 Å². The molecule has 0 heterocycles. The van der Waals surface area contributed by atoms with Crippen molar-refractivity contribution in [3.63, 3.8) is 0 Å². The topological polar surface area (TPSA) is 46.5 Å². The van der Waals surface area contributed by atoms with Crippen LogP contribution in [0.3, 0.4) is 0 Å². The van der Waals surface area contributed by atoms with E-state index in [4.69, 9.17) is 16.3 Å². The van der Waals surface area contributed by atoms with Gasteiger partial charge in [0.25, 0.3) is 0 Å². The second kappa shape index (κ2) is 6.62. The first-order chi connectivity index (χ1) is 8.04. The standard InChI is InChI=1S/C13H17ClO3/c1-3-17-13(16)7-6-12(15)11-5-4-10(14)8-9(11)2/h4-5,8,12,15H,3,6-7H2,1-2H3. The highest BCUT2D eigenvalue weighted by molar-refractivity contribution is 6.30. The van der Waals surface area contributed by atoms with Crippen molar-refractivity contribution in [2.24, 2.45) is 0 Å². The normalized spacial score (nSPS) is 12.2. The molecule has 1 rings (SSSR count). The Morgan fingerprint density at radius 1 is 1.53 bits per heavy atom. The predicted molar refractivity (Wildman–Crippen MR) is 67.0 cm³/mol. The quantitative estimate of drug-likeness (QED) is 0.824. The maximum absolute atomic E-state index is 11.2. The Morgan fingerprint density at radius 2 is 2.24 bits per heavy atom. The van der Waals surface area contributed by atoms with Crippen molar-refractivity contribution >= 4 is 17.6 Å². The van der Waals surface area contributed by atoms with E-state index in [1.54, 1.807) is 25.1 Å². The Balaban J connectivity index is 2.57. The lowest BCUT2D eigenvalue weighted by atomic mass is 10.0. The third kappa shape index (κ3) is 4.36. The van der Waals surface area contributed by atoms with E-state index in [1.807, 2.05) is 6.92 Å². The SMILES string of the molecule is CCOC(=O)CCC(O)c1ccc(Cl)cc1C. The van der Waals surface area contributed by atoms with Crippen LogP contribution < -0.4 is 0 Å². The molecule has 0 aliphatic carbocycles. The number of aryl methyl sites for hydroxylation is 1. The number of aliphatic hydroxyl groups excluding tert-OH is 1. The molecule has 0 aromatic heterocycles. The number of ether oxygens (including phenoxy) is 1. The van der Waals surface area contributed by atoms with E-state index in [2.05, 4.69) is 0 Å². The Bertz CT molecular complexity index is 390. The Hall–Kier alpha value is -1.06. The molecule has 17 heavy (non-hydrogen) atoms. The van der Waals surface area contributed by atoms with Crippen LogP contribution in [0, 0.1) is 6.92 Å². The third-order valence-corrected chi connectivity index (χ3v) is 2.75. The van der Waals surface area contributed by atoms with E-state index in [-0.39, 0.29) is 12.4 Å². The van der Waals surface area contributed by atoms with Gasteiger partial charge in [-0.1, -0.05) is 17.7 Å². The van der Waals surface area contributed by atoms with Crippen LogP contribution >= 0.6 is 11.6 Å². The van der Waals surface area contributed by atoms with Crippen molar-refractivity contribution < 1.29 is 14.6 Å². The number of hydrogen-bond donors (Lipinski definition) is 1. The summed E-state index contributed by atoms with van der Waals surface area (Å²) in [5.41, 5.74) is 1.73. The maximum atomic E-state index is 11.2. The minimum atomic E-state index is -0.656. The molecule has 0 saturated carbocycles. The lowest BCUT2D eigenvalue weighted by Gasteiger charge is -2.13. The highest BCUT2D eigenvalue weighted by Crippen LogP contribution is 2.24. The van der Waals surface area contributed by atoms with Gasteiger partial charge in [-0.15, -0.1) is 0 Å². The van der Waals surface area contributed by atoms with Gasteiger partial charge in [0.1, 0.15) is 0 Å². The molecule has 1 aromatic rings. The smallest absolute Gasteiger partial charge is 0.305 e. The van der Waals surface area contributed by atoms with E-state index in [1.165, 1.54) is 0 Å². The predicted octanol–water partition coefficient (Wildman–Crippen LogP) is 3.03. The van der Waals surface area contributed by atoms with Gasteiger partial charge in [-0.3, -0.25) is 4.79 Å². The fourth-order valence-corrected chi connectivity index (χ4v) is 1.88. The van der Waals surface area contributed by atoms with Gasteiger partial charge in [-0.25, -0.2) is 0 Å². The van der Waals surface area contributed by atoms with E-state index in [0.717, 1.165) is 11.1 Å². The Labute approximate surface area is 106 Å². The number of aliphatic hydroxyl groups is 1. The molecule has 4 heteroatoms. The molecule has 94 valence electrons. The number of halogens is 1. The van der Waals surface area contributed by atoms with Gasteiger partial charge in [0.2, 0.25) is 0 Å². The lowest BCUT2D eigenvalue weighted by Crippen LogP contribution is -2.07. The van der Waals surface area contributed by atoms with E-state index < -0.39 is 6.10 Å². The van der Waals surface area contributed by atoms with Gasteiger partial charge in [0, 0.05) is 11.4 Å². The van der Waals surface area contributed by atoms with Gasteiger partial charge >= 0.3 is 5.97 Å². The molecule has 0 aliphatic heterocycles. The largest absolute Gasteiger partial charge is 0.466 e. The summed E-state index contributed by atoms with van der Waals surface area (Å²) in [6.45, 7) is 4.02. The van der Waals surface area contributed by atoms with Crippen LogP contribution in [-0.4, -0.2) is 17.7 Å². The molecule has 3 nitrogen and oxygen atoms in total. The average molecular weight is 257 g/mol. The first-order valence-electron chi connectivity index (χ1n) is 5.64. The molecule has 0 amide bonds. The number of rotatable bonds is 5. The fourth-order valence-electron chi connectivity index (χ4n) is 1.66. The molecule has 0 fully saturated rings. The summed E-state index contributed by atoms with van der Waals surface area (Å²) in [4.78, 5) is 11.2. The summed E-state index contributed by atoms with van der Waals surface area (Å²) in [5, 5.41) is 10.6. The van der Waals surface area contributed by atoms with Gasteiger partial charge in [0.15, 0.2) is 0 Å². The minimum Gasteiger partial charge on any atom is -0.466 e. The van der Waals surface area contributed by atoms with Crippen molar-refractivity contribution in [1.29, 1.82) is 0 Å². The van der Waals surface area contributed by atoms with E-state index in [0.29, 0.717) is 18.1 Å². The highest BCUT2D eigenvalue weighted by atomic mass is 35.5. The summed E-state index contributed by atoms with van der Waals surface area (Å²) in [6.07, 6.45) is -0.0741.